The average Bonchev–Trinajstić information content (AvgIpc) is 2.97. The fraction of sp³-hybridized carbons (Fsp3) is 0.692. The van der Waals surface area contributed by atoms with E-state index in [1.165, 1.54) is 0 Å². The Bertz CT molecular complexity index is 430. The van der Waals surface area contributed by atoms with Crippen LogP contribution in [0.2, 0.25) is 0 Å². The van der Waals surface area contributed by atoms with E-state index in [1.54, 1.807) is 16.9 Å². The predicted octanol–water partition coefficient (Wildman–Crippen LogP) is 0.859. The topological polar surface area (TPSA) is 70.4 Å². The smallest absolute Gasteiger partial charge is 0.239 e. The number of aliphatic hydroxyl groups excluding tert-OH is 1. The van der Waals surface area contributed by atoms with Crippen molar-refractivity contribution in [1.82, 2.24) is 14.7 Å². The van der Waals surface area contributed by atoms with Crippen LogP contribution in [0, 0.1) is 0 Å². The minimum absolute atomic E-state index is 0.0530. The molecule has 19 heavy (non-hydrogen) atoms. The zero-order chi connectivity index (χ0) is 13.8. The molecular formula is C13H22N4O2. The van der Waals surface area contributed by atoms with Gasteiger partial charge < -0.3 is 10.4 Å². The summed E-state index contributed by atoms with van der Waals surface area (Å²) in [7, 11) is 0. The van der Waals surface area contributed by atoms with Crippen LogP contribution in [0.25, 0.3) is 0 Å². The summed E-state index contributed by atoms with van der Waals surface area (Å²) in [5.74, 6) is 0.669. The number of carbonyl (C=O) groups is 1. The second kappa shape index (κ2) is 6.16. The molecule has 0 spiro atoms. The first-order chi connectivity index (χ1) is 9.11. The molecule has 106 valence electrons. The molecule has 2 heterocycles. The number of amides is 1. The predicted molar refractivity (Wildman–Crippen MR) is 72.9 cm³/mol. The number of hydrogen-bond donors (Lipinski definition) is 2. The Morgan fingerprint density at radius 3 is 3.11 bits per heavy atom. The van der Waals surface area contributed by atoms with Crippen LogP contribution in [0.4, 0.5) is 5.82 Å². The van der Waals surface area contributed by atoms with Crippen molar-refractivity contribution in [1.29, 1.82) is 0 Å². The molecule has 1 aromatic rings. The highest BCUT2D eigenvalue weighted by Crippen LogP contribution is 2.17. The van der Waals surface area contributed by atoms with Crippen LogP contribution in [0.5, 0.6) is 0 Å². The van der Waals surface area contributed by atoms with Gasteiger partial charge in [-0.1, -0.05) is 0 Å². The third kappa shape index (κ3) is 3.33. The Hall–Kier alpha value is -1.40. The van der Waals surface area contributed by atoms with Gasteiger partial charge in [0.25, 0.3) is 0 Å². The number of hydrogen-bond acceptors (Lipinski definition) is 4. The fourth-order valence-corrected chi connectivity index (χ4v) is 2.50. The van der Waals surface area contributed by atoms with Gasteiger partial charge in [0.15, 0.2) is 0 Å². The molecule has 1 atom stereocenters. The van der Waals surface area contributed by atoms with Crippen molar-refractivity contribution >= 4 is 11.7 Å². The van der Waals surface area contributed by atoms with Gasteiger partial charge in [-0.2, -0.15) is 5.10 Å². The van der Waals surface area contributed by atoms with Crippen molar-refractivity contribution in [2.45, 2.75) is 38.8 Å². The van der Waals surface area contributed by atoms with Crippen LogP contribution in [0.1, 0.15) is 32.7 Å². The molecule has 1 aliphatic rings. The van der Waals surface area contributed by atoms with E-state index in [2.05, 4.69) is 10.4 Å². The number of carbonyl (C=O) groups excluding carboxylic acids is 1. The monoisotopic (exact) mass is 266 g/mol. The van der Waals surface area contributed by atoms with Gasteiger partial charge >= 0.3 is 0 Å². The molecule has 1 fully saturated rings. The molecule has 0 bridgehead atoms. The molecule has 0 saturated carbocycles. The van der Waals surface area contributed by atoms with Gasteiger partial charge in [-0.25, -0.2) is 4.68 Å². The zero-order valence-electron chi connectivity index (χ0n) is 11.5. The highest BCUT2D eigenvalue weighted by atomic mass is 16.3. The van der Waals surface area contributed by atoms with E-state index in [-0.39, 0.29) is 24.6 Å². The molecule has 6 heteroatoms. The van der Waals surface area contributed by atoms with Crippen LogP contribution in [-0.2, 0) is 4.79 Å². The van der Waals surface area contributed by atoms with Crippen molar-refractivity contribution in [3.8, 4) is 0 Å². The molecule has 0 radical (unpaired) electrons. The van der Waals surface area contributed by atoms with Crippen LogP contribution < -0.4 is 5.32 Å². The molecule has 1 amide bonds. The van der Waals surface area contributed by atoms with Gasteiger partial charge in [0.05, 0.1) is 19.3 Å². The Balaban J connectivity index is 1.92. The first-order valence-corrected chi connectivity index (χ1v) is 6.80. The van der Waals surface area contributed by atoms with E-state index in [0.717, 1.165) is 25.2 Å². The second-order valence-electron chi connectivity index (χ2n) is 5.25. The maximum atomic E-state index is 12.0. The minimum Gasteiger partial charge on any atom is -0.395 e. The lowest BCUT2D eigenvalue weighted by Gasteiger charge is -2.22. The van der Waals surface area contributed by atoms with E-state index in [1.807, 2.05) is 18.7 Å². The molecule has 2 rings (SSSR count). The third-order valence-electron chi connectivity index (χ3n) is 3.48. The third-order valence-corrected chi connectivity index (χ3v) is 3.48. The molecule has 0 unspecified atom stereocenters. The first-order valence-electron chi connectivity index (χ1n) is 6.80. The van der Waals surface area contributed by atoms with Crippen molar-refractivity contribution in [2.75, 3.05) is 25.0 Å². The van der Waals surface area contributed by atoms with Crippen molar-refractivity contribution < 1.29 is 9.90 Å². The summed E-state index contributed by atoms with van der Waals surface area (Å²) in [4.78, 5) is 14.1. The van der Waals surface area contributed by atoms with Crippen molar-refractivity contribution in [3.63, 3.8) is 0 Å². The van der Waals surface area contributed by atoms with E-state index in [0.29, 0.717) is 6.54 Å². The lowest BCUT2D eigenvalue weighted by molar-refractivity contribution is -0.117. The Morgan fingerprint density at radius 1 is 1.63 bits per heavy atom. The molecule has 6 nitrogen and oxygen atoms in total. The number of likely N-dealkylation sites (tertiary alicyclic amines) is 1. The highest BCUT2D eigenvalue weighted by molar-refractivity contribution is 5.91. The summed E-state index contributed by atoms with van der Waals surface area (Å²) in [5.41, 5.74) is 0. The number of aromatic nitrogens is 2. The fourth-order valence-electron chi connectivity index (χ4n) is 2.50. The number of nitrogens with one attached hydrogen (secondary N) is 1. The van der Waals surface area contributed by atoms with E-state index in [4.69, 9.17) is 0 Å². The van der Waals surface area contributed by atoms with Gasteiger partial charge in [-0.05, 0) is 33.2 Å². The molecule has 1 aromatic heterocycles. The lowest BCUT2D eigenvalue weighted by atomic mass is 10.2. The van der Waals surface area contributed by atoms with Crippen LogP contribution >= 0.6 is 0 Å². The standard InChI is InChI=1S/C13H22N4O2/c1-10(2)17-12(5-6-14-17)15-13(19)8-16-7-3-4-11(16)9-18/h5-6,10-11,18H,3-4,7-9H2,1-2H3,(H,15,19)/t11-/m1/s1. The summed E-state index contributed by atoms with van der Waals surface area (Å²) in [6.45, 7) is 5.36. The van der Waals surface area contributed by atoms with E-state index >= 15 is 0 Å². The average molecular weight is 266 g/mol. The summed E-state index contributed by atoms with van der Waals surface area (Å²) < 4.78 is 1.78. The Kier molecular flexibility index (Phi) is 4.55. The summed E-state index contributed by atoms with van der Waals surface area (Å²) >= 11 is 0. The molecule has 0 aromatic carbocycles. The van der Waals surface area contributed by atoms with Gasteiger partial charge in [-0.15, -0.1) is 0 Å². The molecule has 1 saturated heterocycles. The van der Waals surface area contributed by atoms with Gasteiger partial charge in [0.2, 0.25) is 5.91 Å². The highest BCUT2D eigenvalue weighted by Gasteiger charge is 2.25. The lowest BCUT2D eigenvalue weighted by Crippen LogP contribution is -2.38. The minimum atomic E-state index is -0.0530. The molecular weight excluding hydrogens is 244 g/mol. The normalized spacial score (nSPS) is 20.1. The van der Waals surface area contributed by atoms with Crippen molar-refractivity contribution in [2.24, 2.45) is 0 Å². The quantitative estimate of drug-likeness (QED) is 0.829. The number of anilines is 1. The van der Waals surface area contributed by atoms with Crippen LogP contribution in [0.3, 0.4) is 0 Å². The second-order valence-corrected chi connectivity index (χ2v) is 5.25. The summed E-state index contributed by atoms with van der Waals surface area (Å²) in [5, 5.41) is 16.3. The summed E-state index contributed by atoms with van der Waals surface area (Å²) in [6, 6.07) is 2.13. The molecule has 0 aliphatic carbocycles. The van der Waals surface area contributed by atoms with Crippen LogP contribution in [-0.4, -0.2) is 51.4 Å². The number of rotatable bonds is 5. The molecule has 2 N–H and O–H groups in total. The Labute approximate surface area is 113 Å². The van der Waals surface area contributed by atoms with Gasteiger partial charge in [0.1, 0.15) is 5.82 Å². The van der Waals surface area contributed by atoms with Gasteiger partial charge in [-0.3, -0.25) is 9.69 Å². The Morgan fingerprint density at radius 2 is 2.42 bits per heavy atom. The van der Waals surface area contributed by atoms with Crippen molar-refractivity contribution in [3.05, 3.63) is 12.3 Å². The van der Waals surface area contributed by atoms with E-state index < -0.39 is 0 Å². The first kappa shape index (κ1) is 14.0. The maximum Gasteiger partial charge on any atom is 0.239 e. The SMILES string of the molecule is CC(C)n1nccc1NC(=O)CN1CCC[C@@H]1CO. The van der Waals surface area contributed by atoms with E-state index in [9.17, 15) is 9.90 Å². The largest absolute Gasteiger partial charge is 0.395 e. The summed E-state index contributed by atoms with van der Waals surface area (Å²) in [6.07, 6.45) is 3.69. The maximum absolute atomic E-state index is 12.0. The number of nitrogens with zero attached hydrogens (tertiary/aromatic N) is 3. The molecule has 1 aliphatic heterocycles. The van der Waals surface area contributed by atoms with Crippen LogP contribution in [0.15, 0.2) is 12.3 Å². The zero-order valence-corrected chi connectivity index (χ0v) is 11.5. The number of aliphatic hydroxyl groups is 1. The van der Waals surface area contributed by atoms with Gasteiger partial charge in [0, 0.05) is 18.2 Å².